The number of hydrogen-bond donors (Lipinski definition) is 1. The van der Waals surface area contributed by atoms with Gasteiger partial charge >= 0.3 is 0 Å². The summed E-state index contributed by atoms with van der Waals surface area (Å²) < 4.78 is 5.34. The highest BCUT2D eigenvalue weighted by Gasteiger charge is 2.26. The molecule has 4 heteroatoms. The van der Waals surface area contributed by atoms with E-state index >= 15 is 0 Å². The minimum Gasteiger partial charge on any atom is -0.494 e. The van der Waals surface area contributed by atoms with Crippen LogP contribution in [0.2, 0.25) is 0 Å². The molecule has 1 unspecified atom stereocenters. The normalized spacial score (nSPS) is 12.9. The first-order valence-corrected chi connectivity index (χ1v) is 6.98. The molecule has 0 aliphatic heterocycles. The van der Waals surface area contributed by atoms with E-state index in [0.29, 0.717) is 12.2 Å². The van der Waals surface area contributed by atoms with Gasteiger partial charge in [0.15, 0.2) is 0 Å². The van der Waals surface area contributed by atoms with Crippen molar-refractivity contribution in [1.29, 1.82) is 0 Å². The van der Waals surface area contributed by atoms with Crippen LogP contribution in [0.5, 0.6) is 5.75 Å². The van der Waals surface area contributed by atoms with Gasteiger partial charge in [-0.05, 0) is 45.0 Å². The number of nitrogens with one attached hydrogen (secondary N) is 1. The van der Waals surface area contributed by atoms with Gasteiger partial charge < -0.3 is 10.1 Å². The monoisotopic (exact) mass is 313 g/mol. The second kappa shape index (κ2) is 6.23. The van der Waals surface area contributed by atoms with Crippen molar-refractivity contribution in [3.8, 4) is 5.75 Å². The highest BCUT2D eigenvalue weighted by atomic mass is 79.9. The molecule has 0 radical (unpaired) electrons. The zero-order chi connectivity index (χ0) is 13.8. The number of rotatable bonds is 5. The first-order chi connectivity index (χ1) is 8.36. The maximum atomic E-state index is 12.1. The summed E-state index contributed by atoms with van der Waals surface area (Å²) in [5.74, 6) is 0.705. The number of benzene rings is 1. The van der Waals surface area contributed by atoms with Crippen LogP contribution in [0.1, 0.15) is 38.1 Å². The molecule has 0 bridgehead atoms. The summed E-state index contributed by atoms with van der Waals surface area (Å²) in [5, 5.41) is 3.00. The summed E-state index contributed by atoms with van der Waals surface area (Å²) in [7, 11) is 0. The van der Waals surface area contributed by atoms with Gasteiger partial charge in [0.1, 0.15) is 5.75 Å². The number of carbonyl (C=O) groups is 1. The minimum absolute atomic E-state index is 0.0747. The Morgan fingerprint density at radius 1 is 1.39 bits per heavy atom. The topological polar surface area (TPSA) is 38.3 Å². The molecule has 1 aromatic rings. The Balaban J connectivity index is 2.73. The predicted octanol–water partition coefficient (Wildman–Crippen LogP) is 3.38. The molecule has 0 aliphatic carbocycles. The maximum Gasteiger partial charge on any atom is 0.251 e. The van der Waals surface area contributed by atoms with Gasteiger partial charge in [-0.3, -0.25) is 4.79 Å². The van der Waals surface area contributed by atoms with Crippen LogP contribution in [-0.4, -0.2) is 22.9 Å². The molecule has 0 spiro atoms. The quantitative estimate of drug-likeness (QED) is 0.846. The van der Waals surface area contributed by atoms with Crippen LogP contribution in [0.3, 0.4) is 0 Å². The molecule has 100 valence electrons. The Bertz CT molecular complexity index is 399. The summed E-state index contributed by atoms with van der Waals surface area (Å²) in [5.41, 5.74) is 0.343. The lowest BCUT2D eigenvalue weighted by Crippen LogP contribution is -2.48. The second-order valence-corrected chi connectivity index (χ2v) is 6.12. The SMILES string of the molecule is CCOc1ccc(C(=O)NC(C)(C)C(C)Br)cc1. The van der Waals surface area contributed by atoms with Crippen molar-refractivity contribution < 1.29 is 9.53 Å². The molecule has 0 fully saturated rings. The highest BCUT2D eigenvalue weighted by molar-refractivity contribution is 9.09. The number of halogens is 1. The van der Waals surface area contributed by atoms with E-state index in [2.05, 4.69) is 21.2 Å². The van der Waals surface area contributed by atoms with Crippen LogP contribution < -0.4 is 10.1 Å². The molecule has 0 heterocycles. The highest BCUT2D eigenvalue weighted by Crippen LogP contribution is 2.18. The number of alkyl halides is 1. The maximum absolute atomic E-state index is 12.1. The zero-order valence-corrected chi connectivity index (χ0v) is 12.9. The Morgan fingerprint density at radius 3 is 2.39 bits per heavy atom. The molecule has 1 atom stereocenters. The number of hydrogen-bond acceptors (Lipinski definition) is 2. The lowest BCUT2D eigenvalue weighted by molar-refractivity contribution is 0.0914. The van der Waals surface area contributed by atoms with Crippen molar-refractivity contribution in [3.05, 3.63) is 29.8 Å². The van der Waals surface area contributed by atoms with Crippen molar-refractivity contribution >= 4 is 21.8 Å². The van der Waals surface area contributed by atoms with Gasteiger partial charge in [0.2, 0.25) is 0 Å². The first kappa shape index (κ1) is 15.0. The number of carbonyl (C=O) groups excluding carboxylic acids is 1. The molecular weight excluding hydrogens is 294 g/mol. The summed E-state index contributed by atoms with van der Waals surface area (Å²) in [4.78, 5) is 12.3. The fourth-order valence-electron chi connectivity index (χ4n) is 1.33. The minimum atomic E-state index is -0.296. The van der Waals surface area contributed by atoms with Gasteiger partial charge in [0, 0.05) is 15.9 Å². The molecule has 3 nitrogen and oxygen atoms in total. The summed E-state index contributed by atoms with van der Waals surface area (Å²) in [6.07, 6.45) is 0. The molecule has 1 amide bonds. The van der Waals surface area contributed by atoms with E-state index in [0.717, 1.165) is 5.75 Å². The Morgan fingerprint density at radius 2 is 1.94 bits per heavy atom. The molecule has 0 saturated carbocycles. The number of ether oxygens (including phenoxy) is 1. The van der Waals surface area contributed by atoms with Gasteiger partial charge in [-0.25, -0.2) is 0 Å². The van der Waals surface area contributed by atoms with Crippen molar-refractivity contribution in [3.63, 3.8) is 0 Å². The second-order valence-electron chi connectivity index (χ2n) is 4.75. The lowest BCUT2D eigenvalue weighted by Gasteiger charge is -2.29. The van der Waals surface area contributed by atoms with E-state index in [9.17, 15) is 4.79 Å². The van der Waals surface area contributed by atoms with Gasteiger partial charge in [0.25, 0.3) is 5.91 Å². The van der Waals surface area contributed by atoms with Crippen LogP contribution in [0.4, 0.5) is 0 Å². The van der Waals surface area contributed by atoms with Crippen molar-refractivity contribution in [2.24, 2.45) is 0 Å². The van der Waals surface area contributed by atoms with E-state index in [-0.39, 0.29) is 16.3 Å². The number of amides is 1. The molecule has 0 aliphatic rings. The van der Waals surface area contributed by atoms with E-state index < -0.39 is 0 Å². The molecular formula is C14H20BrNO2. The Hall–Kier alpha value is -1.03. The van der Waals surface area contributed by atoms with E-state index in [1.165, 1.54) is 0 Å². The fourth-order valence-corrected chi connectivity index (χ4v) is 1.45. The van der Waals surface area contributed by atoms with Gasteiger partial charge in [0.05, 0.1) is 6.61 Å². The van der Waals surface area contributed by atoms with Crippen LogP contribution in [0.15, 0.2) is 24.3 Å². The van der Waals surface area contributed by atoms with Crippen LogP contribution in [0.25, 0.3) is 0 Å². The fraction of sp³-hybridized carbons (Fsp3) is 0.500. The molecule has 1 aromatic carbocycles. The summed E-state index contributed by atoms with van der Waals surface area (Å²) in [6.45, 7) is 8.54. The van der Waals surface area contributed by atoms with E-state index in [1.54, 1.807) is 12.1 Å². The molecule has 1 rings (SSSR count). The molecule has 18 heavy (non-hydrogen) atoms. The van der Waals surface area contributed by atoms with E-state index in [1.807, 2.05) is 39.8 Å². The average molecular weight is 314 g/mol. The standard InChI is InChI=1S/C14H20BrNO2/c1-5-18-12-8-6-11(7-9-12)13(17)16-14(3,4)10(2)15/h6-10H,5H2,1-4H3,(H,16,17). The third-order valence-electron chi connectivity index (χ3n) is 2.86. The zero-order valence-electron chi connectivity index (χ0n) is 11.3. The van der Waals surface area contributed by atoms with Gasteiger partial charge in [-0.15, -0.1) is 0 Å². The summed E-state index contributed by atoms with van der Waals surface area (Å²) in [6, 6.07) is 7.16. The molecule has 0 saturated heterocycles. The Labute approximate surface area is 117 Å². The van der Waals surface area contributed by atoms with Crippen molar-refractivity contribution in [2.75, 3.05) is 6.61 Å². The van der Waals surface area contributed by atoms with Gasteiger partial charge in [-0.2, -0.15) is 0 Å². The third kappa shape index (κ3) is 4.02. The van der Waals surface area contributed by atoms with Crippen LogP contribution in [-0.2, 0) is 0 Å². The van der Waals surface area contributed by atoms with E-state index in [4.69, 9.17) is 4.74 Å². The molecule has 0 aromatic heterocycles. The lowest BCUT2D eigenvalue weighted by atomic mass is 10.0. The summed E-state index contributed by atoms with van der Waals surface area (Å²) >= 11 is 3.49. The third-order valence-corrected chi connectivity index (χ3v) is 4.00. The largest absolute Gasteiger partial charge is 0.494 e. The average Bonchev–Trinajstić information content (AvgIpc) is 2.29. The van der Waals surface area contributed by atoms with Crippen molar-refractivity contribution in [2.45, 2.75) is 38.1 Å². The van der Waals surface area contributed by atoms with Crippen molar-refractivity contribution in [1.82, 2.24) is 5.32 Å². The molecule has 1 N–H and O–H groups in total. The van der Waals surface area contributed by atoms with Crippen LogP contribution in [0, 0.1) is 0 Å². The smallest absolute Gasteiger partial charge is 0.251 e. The van der Waals surface area contributed by atoms with Gasteiger partial charge in [-0.1, -0.05) is 22.9 Å². The Kier molecular flexibility index (Phi) is 5.20. The first-order valence-electron chi connectivity index (χ1n) is 6.06. The predicted molar refractivity (Wildman–Crippen MR) is 77.5 cm³/mol. The van der Waals surface area contributed by atoms with Crippen LogP contribution >= 0.6 is 15.9 Å².